The number of carbonyl (C=O) groups is 1. The van der Waals surface area contributed by atoms with Crippen LogP contribution in [0.15, 0.2) is 36.5 Å². The molecule has 1 heterocycles. The molecule has 26 heavy (non-hydrogen) atoms. The van der Waals surface area contributed by atoms with Crippen LogP contribution in [0.3, 0.4) is 0 Å². The average Bonchev–Trinajstić information content (AvgIpc) is 2.94. The van der Waals surface area contributed by atoms with E-state index in [1.54, 1.807) is 0 Å². The first-order chi connectivity index (χ1) is 12.3. The molecular formula is C22H33N3O. The predicted molar refractivity (Wildman–Crippen MR) is 108 cm³/mol. The van der Waals surface area contributed by atoms with Crippen LogP contribution >= 0.6 is 0 Å². The van der Waals surface area contributed by atoms with Gasteiger partial charge in [0.25, 0.3) is 0 Å². The second kappa shape index (κ2) is 9.02. The molecule has 2 rings (SSSR count). The molecular weight excluding hydrogens is 322 g/mol. The van der Waals surface area contributed by atoms with Crippen molar-refractivity contribution in [2.75, 3.05) is 5.32 Å². The lowest BCUT2D eigenvalue weighted by Gasteiger charge is -2.20. The summed E-state index contributed by atoms with van der Waals surface area (Å²) < 4.78 is 1.93. The van der Waals surface area contributed by atoms with Crippen molar-refractivity contribution in [3.63, 3.8) is 0 Å². The highest BCUT2D eigenvalue weighted by molar-refractivity contribution is 5.92. The maximum Gasteiger partial charge on any atom is 0.228 e. The Kier molecular flexibility index (Phi) is 7.01. The normalized spacial score (nSPS) is 12.8. The Balaban J connectivity index is 2.13. The fourth-order valence-electron chi connectivity index (χ4n) is 3.36. The second-order valence-electron chi connectivity index (χ2n) is 8.17. The first-order valence-corrected chi connectivity index (χ1v) is 9.69. The average molecular weight is 356 g/mol. The number of hydrogen-bond acceptors (Lipinski definition) is 2. The standard InChI is InChI=1S/C22H33N3O/c1-15(2)12-20(13-16(3)4)22(26)23-21-17(5)14-25(24-21)18(6)19-10-8-7-9-11-19/h7-11,14-16,18,20H,12-13H2,1-6H3,(H,23,24,26). The van der Waals surface area contributed by atoms with Gasteiger partial charge in [-0.3, -0.25) is 9.48 Å². The van der Waals surface area contributed by atoms with Crippen molar-refractivity contribution in [1.29, 1.82) is 0 Å². The summed E-state index contributed by atoms with van der Waals surface area (Å²) in [4.78, 5) is 12.8. The van der Waals surface area contributed by atoms with E-state index in [0.717, 1.165) is 18.4 Å². The SMILES string of the molecule is Cc1cn(C(C)c2ccccc2)nc1NC(=O)C(CC(C)C)CC(C)C. The minimum Gasteiger partial charge on any atom is -0.309 e. The molecule has 1 unspecified atom stereocenters. The molecule has 1 aromatic heterocycles. The van der Waals surface area contributed by atoms with Gasteiger partial charge in [-0.05, 0) is 44.1 Å². The van der Waals surface area contributed by atoms with Gasteiger partial charge in [-0.1, -0.05) is 58.0 Å². The van der Waals surface area contributed by atoms with Crippen molar-refractivity contribution < 1.29 is 4.79 Å². The molecule has 0 saturated carbocycles. The molecule has 1 N–H and O–H groups in total. The molecule has 2 aromatic rings. The summed E-state index contributed by atoms with van der Waals surface area (Å²) in [5.41, 5.74) is 2.19. The van der Waals surface area contributed by atoms with Crippen LogP contribution < -0.4 is 5.32 Å². The lowest BCUT2D eigenvalue weighted by atomic mass is 9.89. The zero-order chi connectivity index (χ0) is 19.3. The Labute approximate surface area is 158 Å². The number of carbonyl (C=O) groups excluding carboxylic acids is 1. The number of benzene rings is 1. The van der Waals surface area contributed by atoms with Crippen LogP contribution in [0.4, 0.5) is 5.82 Å². The number of nitrogens with one attached hydrogen (secondary N) is 1. The van der Waals surface area contributed by atoms with Gasteiger partial charge in [0, 0.05) is 17.7 Å². The van der Waals surface area contributed by atoms with Crippen LogP contribution in [0.1, 0.15) is 64.6 Å². The van der Waals surface area contributed by atoms with E-state index in [1.807, 2.05) is 36.0 Å². The molecule has 0 bridgehead atoms. The Morgan fingerprint density at radius 3 is 2.15 bits per heavy atom. The van der Waals surface area contributed by atoms with E-state index in [-0.39, 0.29) is 17.9 Å². The third kappa shape index (κ3) is 5.45. The van der Waals surface area contributed by atoms with Crippen molar-refractivity contribution in [2.45, 2.75) is 60.4 Å². The monoisotopic (exact) mass is 355 g/mol. The fraction of sp³-hybridized carbons (Fsp3) is 0.545. The minimum atomic E-state index is 0.0334. The van der Waals surface area contributed by atoms with Crippen molar-refractivity contribution >= 4 is 11.7 Å². The molecule has 4 nitrogen and oxygen atoms in total. The number of hydrogen-bond donors (Lipinski definition) is 1. The number of aryl methyl sites for hydroxylation is 1. The van der Waals surface area contributed by atoms with E-state index in [0.29, 0.717) is 17.7 Å². The number of amides is 1. The lowest BCUT2D eigenvalue weighted by molar-refractivity contribution is -0.120. The number of anilines is 1. The Morgan fingerprint density at radius 1 is 1.04 bits per heavy atom. The van der Waals surface area contributed by atoms with E-state index in [4.69, 9.17) is 0 Å². The van der Waals surface area contributed by atoms with Gasteiger partial charge in [0.1, 0.15) is 0 Å². The number of aromatic nitrogens is 2. The topological polar surface area (TPSA) is 46.9 Å². The maximum atomic E-state index is 12.8. The van der Waals surface area contributed by atoms with Gasteiger partial charge < -0.3 is 5.32 Å². The quantitative estimate of drug-likeness (QED) is 0.684. The fourth-order valence-corrected chi connectivity index (χ4v) is 3.36. The first-order valence-electron chi connectivity index (χ1n) is 9.69. The Hall–Kier alpha value is -2.10. The van der Waals surface area contributed by atoms with E-state index >= 15 is 0 Å². The minimum absolute atomic E-state index is 0.0334. The Morgan fingerprint density at radius 2 is 1.62 bits per heavy atom. The first kappa shape index (κ1) is 20.2. The largest absolute Gasteiger partial charge is 0.309 e. The highest BCUT2D eigenvalue weighted by Crippen LogP contribution is 2.24. The summed E-state index contributed by atoms with van der Waals surface area (Å²) >= 11 is 0. The van der Waals surface area contributed by atoms with Gasteiger partial charge in [-0.25, -0.2) is 0 Å². The predicted octanol–water partition coefficient (Wildman–Crippen LogP) is 5.45. The van der Waals surface area contributed by atoms with Crippen LogP contribution in [0, 0.1) is 24.7 Å². The zero-order valence-electron chi connectivity index (χ0n) is 17.0. The smallest absolute Gasteiger partial charge is 0.228 e. The lowest BCUT2D eigenvalue weighted by Crippen LogP contribution is -2.26. The molecule has 0 aliphatic heterocycles. The third-order valence-corrected chi connectivity index (χ3v) is 4.72. The second-order valence-corrected chi connectivity index (χ2v) is 8.17. The summed E-state index contributed by atoms with van der Waals surface area (Å²) in [6, 6.07) is 10.4. The molecule has 1 aromatic carbocycles. The van der Waals surface area contributed by atoms with Crippen LogP contribution in [0.2, 0.25) is 0 Å². The van der Waals surface area contributed by atoms with Crippen molar-refractivity contribution in [3.8, 4) is 0 Å². The summed E-state index contributed by atoms with van der Waals surface area (Å²) in [6.07, 6.45) is 3.82. The van der Waals surface area contributed by atoms with E-state index in [2.05, 4.69) is 57.2 Å². The van der Waals surface area contributed by atoms with Gasteiger partial charge in [0.05, 0.1) is 6.04 Å². The van der Waals surface area contributed by atoms with Crippen LogP contribution in [-0.4, -0.2) is 15.7 Å². The Bertz CT molecular complexity index is 693. The summed E-state index contributed by atoms with van der Waals surface area (Å²) in [5, 5.41) is 7.73. The molecule has 0 aliphatic carbocycles. The van der Waals surface area contributed by atoms with Gasteiger partial charge in [-0.2, -0.15) is 5.10 Å². The molecule has 1 atom stereocenters. The van der Waals surface area contributed by atoms with Crippen molar-refractivity contribution in [1.82, 2.24) is 9.78 Å². The molecule has 0 aliphatic rings. The number of nitrogens with zero attached hydrogens (tertiary/aromatic N) is 2. The molecule has 0 spiro atoms. The molecule has 0 fully saturated rings. The number of rotatable bonds is 8. The highest BCUT2D eigenvalue weighted by Gasteiger charge is 2.23. The molecule has 0 radical (unpaired) electrons. The third-order valence-electron chi connectivity index (χ3n) is 4.72. The molecule has 4 heteroatoms. The van der Waals surface area contributed by atoms with Crippen LogP contribution in [-0.2, 0) is 4.79 Å². The van der Waals surface area contributed by atoms with Crippen LogP contribution in [0.25, 0.3) is 0 Å². The van der Waals surface area contributed by atoms with Gasteiger partial charge in [0.2, 0.25) is 5.91 Å². The molecule has 0 saturated heterocycles. The van der Waals surface area contributed by atoms with Crippen molar-refractivity contribution in [2.24, 2.45) is 17.8 Å². The maximum absolute atomic E-state index is 12.8. The zero-order valence-corrected chi connectivity index (χ0v) is 17.0. The highest BCUT2D eigenvalue weighted by atomic mass is 16.2. The summed E-state index contributed by atoms with van der Waals surface area (Å²) in [6.45, 7) is 12.8. The molecule has 142 valence electrons. The summed E-state index contributed by atoms with van der Waals surface area (Å²) in [7, 11) is 0. The van der Waals surface area contributed by atoms with E-state index < -0.39 is 0 Å². The van der Waals surface area contributed by atoms with E-state index in [1.165, 1.54) is 5.56 Å². The van der Waals surface area contributed by atoms with Gasteiger partial charge >= 0.3 is 0 Å². The van der Waals surface area contributed by atoms with Gasteiger partial charge in [0.15, 0.2) is 5.82 Å². The van der Waals surface area contributed by atoms with E-state index in [9.17, 15) is 4.79 Å². The summed E-state index contributed by atoms with van der Waals surface area (Å²) in [5.74, 6) is 1.80. The van der Waals surface area contributed by atoms with Crippen molar-refractivity contribution in [3.05, 3.63) is 47.7 Å². The van der Waals surface area contributed by atoms with Gasteiger partial charge in [-0.15, -0.1) is 0 Å². The van der Waals surface area contributed by atoms with Crippen LogP contribution in [0.5, 0.6) is 0 Å². The molecule has 1 amide bonds.